The summed E-state index contributed by atoms with van der Waals surface area (Å²) in [6.45, 7) is 13.2. The first-order chi connectivity index (χ1) is 18.5. The van der Waals surface area contributed by atoms with E-state index in [1.165, 1.54) is 0 Å². The minimum Gasteiger partial charge on any atom is -0.465 e. The molecule has 0 spiro atoms. The van der Waals surface area contributed by atoms with E-state index in [0.717, 1.165) is 31.4 Å². The van der Waals surface area contributed by atoms with E-state index in [2.05, 4.69) is 56.5 Å². The van der Waals surface area contributed by atoms with Crippen LogP contribution in [0.5, 0.6) is 0 Å². The Labute approximate surface area is 263 Å². The number of rotatable bonds is 6. The normalized spacial score (nSPS) is 28.5. The highest BCUT2D eigenvalue weighted by Gasteiger charge is 2.57. The highest BCUT2D eigenvalue weighted by atomic mass is 16.5. The third-order valence-corrected chi connectivity index (χ3v) is 9.74. The molecule has 0 aromatic heterocycles. The fourth-order valence-corrected chi connectivity index (χ4v) is 6.92. The maximum absolute atomic E-state index is 12.2. The quantitative estimate of drug-likeness (QED) is 0.143. The lowest BCUT2D eigenvalue weighted by Gasteiger charge is -2.58. The Bertz CT molecular complexity index is 1080. The molecule has 6 saturated carbocycles. The molecule has 0 aliphatic heterocycles. The number of Topliss-reactive ketones (excluding diaryl/α,β-unsaturated/α-hetero) is 1. The third-order valence-electron chi connectivity index (χ3n) is 9.74. The van der Waals surface area contributed by atoms with Crippen molar-refractivity contribution in [1.82, 2.24) is 0 Å². The summed E-state index contributed by atoms with van der Waals surface area (Å²) in [5.74, 6) is 13.8. The molecular formula is C36H61NO6. The van der Waals surface area contributed by atoms with Crippen molar-refractivity contribution in [2.75, 3.05) is 13.2 Å². The molecule has 6 fully saturated rings. The first-order valence-electron chi connectivity index (χ1n) is 14.4. The average Bonchev–Trinajstić information content (AvgIpc) is 2.90. The van der Waals surface area contributed by atoms with Crippen LogP contribution < -0.4 is 0 Å². The number of fused-ring (bicyclic) bond motifs is 4. The summed E-state index contributed by atoms with van der Waals surface area (Å²) in [4.78, 5) is 34.5. The predicted molar refractivity (Wildman–Crippen MR) is 175 cm³/mol. The number of carbonyl (C=O) groups excluding carboxylic acids is 3. The zero-order valence-corrected chi connectivity index (χ0v) is 24.5. The van der Waals surface area contributed by atoms with Crippen LogP contribution in [-0.4, -0.2) is 41.9 Å². The second kappa shape index (κ2) is 18.1. The second-order valence-electron chi connectivity index (χ2n) is 12.5. The lowest BCUT2D eigenvalue weighted by molar-refractivity contribution is -0.156. The molecular weight excluding hydrogens is 542 g/mol. The zero-order chi connectivity index (χ0) is 28.8. The Morgan fingerprint density at radius 2 is 1.16 bits per heavy atom. The number of oxime groups is 1. The Morgan fingerprint density at radius 1 is 0.744 bits per heavy atom. The van der Waals surface area contributed by atoms with Gasteiger partial charge < -0.3 is 14.7 Å². The van der Waals surface area contributed by atoms with E-state index in [9.17, 15) is 19.6 Å². The average molecular weight is 604 g/mol. The maximum Gasteiger partial charge on any atom is 0.317 e. The van der Waals surface area contributed by atoms with Crippen LogP contribution in [0.4, 0.5) is 0 Å². The summed E-state index contributed by atoms with van der Waals surface area (Å²) in [6, 6.07) is 0. The van der Waals surface area contributed by atoms with Gasteiger partial charge in [-0.15, -0.1) is 11.8 Å². The summed E-state index contributed by atoms with van der Waals surface area (Å²) in [5.41, 5.74) is 1.37. The Morgan fingerprint density at radius 3 is 1.56 bits per heavy atom. The molecule has 6 aliphatic carbocycles. The summed E-state index contributed by atoms with van der Waals surface area (Å²) in [7, 11) is 0. The second-order valence-corrected chi connectivity index (χ2v) is 12.5. The van der Waals surface area contributed by atoms with Crippen molar-refractivity contribution < 1.29 is 29.1 Å². The van der Waals surface area contributed by atoms with E-state index in [4.69, 9.17) is 9.47 Å². The van der Waals surface area contributed by atoms with Gasteiger partial charge in [-0.25, -0.2) is 0 Å². The van der Waals surface area contributed by atoms with Crippen molar-refractivity contribution in [3.05, 3.63) is 0 Å². The summed E-state index contributed by atoms with van der Waals surface area (Å²) < 4.78 is 9.62. The summed E-state index contributed by atoms with van der Waals surface area (Å²) in [5, 5.41) is 12.8. The fraction of sp³-hybridized carbons (Fsp3) is 0.778. The molecule has 7 heteroatoms. The minimum absolute atomic E-state index is 0. The van der Waals surface area contributed by atoms with Gasteiger partial charge in [0.1, 0.15) is 18.6 Å². The highest BCUT2D eigenvalue weighted by Crippen LogP contribution is 2.60. The van der Waals surface area contributed by atoms with Gasteiger partial charge in [0.05, 0.1) is 18.9 Å². The standard InChI is InChI=1S/C16H23NO3.C16H22O3.4CH4/c1-4-20-14(18)8-6-5-7-11-9-12-10-13(15(11)17-19)16(12,2)3;1-4-19-14(17)8-6-5-7-11-9-12-10-13(15(11)18)16(12,2)3;;;;/h11-13,19H,4,7-10H2,1-3H3;11-13H,4,7-10H2,1-3H3;4*1H4. The Hall–Kier alpha value is -2.80. The van der Waals surface area contributed by atoms with Crippen molar-refractivity contribution in [3.63, 3.8) is 0 Å². The first kappa shape index (κ1) is 42.3. The molecule has 43 heavy (non-hydrogen) atoms. The van der Waals surface area contributed by atoms with Crippen molar-refractivity contribution in [2.24, 2.45) is 51.5 Å². The molecule has 1 N–H and O–H groups in total. The van der Waals surface area contributed by atoms with Gasteiger partial charge in [-0.3, -0.25) is 14.4 Å². The van der Waals surface area contributed by atoms with Gasteiger partial charge in [0.15, 0.2) is 0 Å². The van der Waals surface area contributed by atoms with Gasteiger partial charge in [0.25, 0.3) is 0 Å². The number of carbonyl (C=O) groups is 3. The smallest absolute Gasteiger partial charge is 0.317 e. The first-order valence-corrected chi connectivity index (χ1v) is 14.4. The summed E-state index contributed by atoms with van der Waals surface area (Å²) >= 11 is 0. The van der Waals surface area contributed by atoms with Crippen LogP contribution in [0.15, 0.2) is 5.16 Å². The summed E-state index contributed by atoms with van der Waals surface area (Å²) in [6.07, 6.45) is 5.76. The Balaban J connectivity index is 0. The predicted octanol–water partition coefficient (Wildman–Crippen LogP) is 7.97. The molecule has 0 aromatic rings. The van der Waals surface area contributed by atoms with Crippen LogP contribution in [0.2, 0.25) is 0 Å². The molecule has 0 amide bonds. The molecule has 6 atom stereocenters. The van der Waals surface area contributed by atoms with E-state index in [-0.39, 0.29) is 83.1 Å². The fourth-order valence-electron chi connectivity index (χ4n) is 6.92. The van der Waals surface area contributed by atoms with Gasteiger partial charge in [-0.05, 0) is 62.2 Å². The van der Waals surface area contributed by atoms with Crippen molar-refractivity contribution in [3.8, 4) is 23.7 Å². The topological polar surface area (TPSA) is 102 Å². The lowest BCUT2D eigenvalue weighted by Crippen LogP contribution is -2.56. The van der Waals surface area contributed by atoms with Gasteiger partial charge in [-0.2, -0.15) is 0 Å². The molecule has 0 radical (unpaired) electrons. The van der Waals surface area contributed by atoms with Gasteiger partial charge in [0.2, 0.25) is 0 Å². The zero-order valence-electron chi connectivity index (χ0n) is 24.5. The molecule has 6 rings (SSSR count). The maximum atomic E-state index is 12.2. The van der Waals surface area contributed by atoms with E-state index in [1.54, 1.807) is 13.8 Å². The molecule has 0 saturated heterocycles. The molecule has 4 bridgehead atoms. The minimum atomic E-state index is -0.283. The molecule has 6 aliphatic rings. The van der Waals surface area contributed by atoms with Crippen LogP contribution in [0.3, 0.4) is 0 Å². The molecule has 0 heterocycles. The van der Waals surface area contributed by atoms with E-state index >= 15 is 0 Å². The van der Waals surface area contributed by atoms with Crippen molar-refractivity contribution in [1.29, 1.82) is 0 Å². The number of ketones is 1. The third kappa shape index (κ3) is 9.59. The largest absolute Gasteiger partial charge is 0.465 e. The monoisotopic (exact) mass is 603 g/mol. The van der Waals surface area contributed by atoms with Crippen LogP contribution in [0.1, 0.15) is 123 Å². The van der Waals surface area contributed by atoms with E-state index in [1.807, 2.05) is 0 Å². The molecule has 7 nitrogen and oxygen atoms in total. The van der Waals surface area contributed by atoms with Crippen LogP contribution >= 0.6 is 0 Å². The molecule has 6 unspecified atom stereocenters. The lowest BCUT2D eigenvalue weighted by atomic mass is 9.46. The van der Waals surface area contributed by atoms with Gasteiger partial charge in [-0.1, -0.05) is 74.4 Å². The number of hydrogen-bond acceptors (Lipinski definition) is 7. The number of ether oxygens (including phenoxy) is 2. The molecule has 246 valence electrons. The highest BCUT2D eigenvalue weighted by molar-refractivity contribution is 5.91. The van der Waals surface area contributed by atoms with Crippen molar-refractivity contribution >= 4 is 23.4 Å². The van der Waals surface area contributed by atoms with Crippen molar-refractivity contribution in [2.45, 2.75) is 123 Å². The van der Waals surface area contributed by atoms with E-state index < -0.39 is 0 Å². The van der Waals surface area contributed by atoms with Crippen LogP contribution in [0, 0.1) is 70.0 Å². The van der Waals surface area contributed by atoms with Gasteiger partial charge in [0, 0.05) is 36.5 Å². The number of nitrogens with zero attached hydrogens (tertiary/aromatic N) is 1. The van der Waals surface area contributed by atoms with Crippen LogP contribution in [0.25, 0.3) is 0 Å². The number of hydrogen-bond donors (Lipinski definition) is 1. The SMILES string of the molecule is C.C.C.C.CCOC(=O)CC#CCC1CC2CC(C1=NO)C2(C)C.CCOC(=O)CC#CCC1CC2CC(C1=O)C2(C)C. The van der Waals surface area contributed by atoms with Crippen LogP contribution in [-0.2, 0) is 23.9 Å². The molecule has 0 aromatic carbocycles. The van der Waals surface area contributed by atoms with Gasteiger partial charge >= 0.3 is 11.9 Å². The Kier molecular flexibility index (Phi) is 17.8. The van der Waals surface area contributed by atoms with E-state index in [0.29, 0.717) is 49.6 Å². The number of esters is 2.